The fourth-order valence-electron chi connectivity index (χ4n) is 3.97. The van der Waals surface area contributed by atoms with Crippen LogP contribution in [0.1, 0.15) is 38.9 Å². The number of rotatable bonds is 9. The smallest absolute Gasteiger partial charge is 0.191 e. The number of aromatic nitrogens is 2. The van der Waals surface area contributed by atoms with Crippen molar-refractivity contribution in [3.8, 4) is 0 Å². The maximum absolute atomic E-state index is 4.81. The van der Waals surface area contributed by atoms with Gasteiger partial charge in [0.1, 0.15) is 5.82 Å². The third kappa shape index (κ3) is 5.71. The van der Waals surface area contributed by atoms with Crippen molar-refractivity contribution in [1.82, 2.24) is 25.1 Å². The van der Waals surface area contributed by atoms with Gasteiger partial charge in [-0.05, 0) is 64.3 Å². The first-order valence-corrected chi connectivity index (χ1v) is 10.8. The van der Waals surface area contributed by atoms with E-state index in [2.05, 4.69) is 64.1 Å². The van der Waals surface area contributed by atoms with Crippen molar-refractivity contribution in [1.29, 1.82) is 0 Å². The summed E-state index contributed by atoms with van der Waals surface area (Å²) in [4.78, 5) is 12.0. The Bertz CT molecular complexity index is 759. The van der Waals surface area contributed by atoms with Crippen LogP contribution in [0, 0.1) is 12.8 Å². The fraction of sp³-hybridized carbons (Fsp3) is 0.636. The van der Waals surface area contributed by atoms with Gasteiger partial charge in [-0.2, -0.15) is 0 Å². The van der Waals surface area contributed by atoms with Gasteiger partial charge in [0.25, 0.3) is 0 Å². The normalized spacial score (nSPS) is 16.6. The lowest BCUT2D eigenvalue weighted by molar-refractivity contribution is 0.291. The van der Waals surface area contributed by atoms with Crippen LogP contribution < -0.4 is 10.6 Å². The van der Waals surface area contributed by atoms with Crippen LogP contribution in [0.25, 0.3) is 11.0 Å². The Balaban J connectivity index is 1.45. The van der Waals surface area contributed by atoms with Gasteiger partial charge in [-0.15, -0.1) is 0 Å². The fourth-order valence-corrected chi connectivity index (χ4v) is 3.97. The lowest BCUT2D eigenvalue weighted by atomic mass is 10.2. The number of hydrogen-bond acceptors (Lipinski definition) is 3. The van der Waals surface area contributed by atoms with E-state index in [-0.39, 0.29) is 0 Å². The summed E-state index contributed by atoms with van der Waals surface area (Å²) in [5.74, 6) is 2.61. The molecule has 28 heavy (non-hydrogen) atoms. The molecule has 6 nitrogen and oxygen atoms in total. The Kier molecular flexibility index (Phi) is 7.71. The zero-order chi connectivity index (χ0) is 19.8. The van der Waals surface area contributed by atoms with Crippen LogP contribution in [0.5, 0.6) is 0 Å². The number of aliphatic imine (C=N–C) groups is 1. The first-order valence-electron chi connectivity index (χ1n) is 10.8. The molecule has 6 heteroatoms. The zero-order valence-corrected chi connectivity index (χ0v) is 17.7. The molecule has 2 aromatic rings. The molecule has 3 rings (SSSR count). The minimum Gasteiger partial charge on any atom is -0.357 e. The Morgan fingerprint density at radius 3 is 2.79 bits per heavy atom. The van der Waals surface area contributed by atoms with Crippen LogP contribution in [0.4, 0.5) is 0 Å². The molecule has 2 N–H and O–H groups in total. The molecule has 1 saturated heterocycles. The van der Waals surface area contributed by atoms with Gasteiger partial charge in [-0.1, -0.05) is 19.1 Å². The number of fused-ring (bicyclic) bond motifs is 1. The molecule has 0 bridgehead atoms. The van der Waals surface area contributed by atoms with Gasteiger partial charge in [0, 0.05) is 32.7 Å². The summed E-state index contributed by atoms with van der Waals surface area (Å²) >= 11 is 0. The van der Waals surface area contributed by atoms with E-state index < -0.39 is 0 Å². The number of para-hydroxylation sites is 2. The topological polar surface area (TPSA) is 57.5 Å². The molecular weight excluding hydrogens is 348 g/mol. The van der Waals surface area contributed by atoms with Crippen molar-refractivity contribution in [2.24, 2.45) is 10.9 Å². The minimum atomic E-state index is 0.591. The average molecular weight is 385 g/mol. The third-order valence-electron chi connectivity index (χ3n) is 5.37. The minimum absolute atomic E-state index is 0.591. The number of aryl methyl sites for hydroxylation is 2. The number of benzene rings is 1. The molecule has 1 aromatic carbocycles. The highest BCUT2D eigenvalue weighted by Gasteiger charge is 2.14. The summed E-state index contributed by atoms with van der Waals surface area (Å²) < 4.78 is 2.30. The number of hydrogen-bond donors (Lipinski definition) is 2. The third-order valence-corrected chi connectivity index (χ3v) is 5.37. The first-order chi connectivity index (χ1) is 13.7. The predicted octanol–water partition coefficient (Wildman–Crippen LogP) is 3.02. The number of nitrogens with one attached hydrogen (secondary N) is 2. The molecule has 0 saturated carbocycles. The SMILES string of the molecule is CCNC(=NCC(C)CN1CCCC1)NCCCn1c(C)nc2ccccc21. The lowest BCUT2D eigenvalue weighted by Gasteiger charge is -2.19. The second kappa shape index (κ2) is 10.5. The van der Waals surface area contributed by atoms with Crippen molar-refractivity contribution in [3.63, 3.8) is 0 Å². The molecule has 2 heterocycles. The maximum Gasteiger partial charge on any atom is 0.191 e. The zero-order valence-electron chi connectivity index (χ0n) is 17.7. The highest BCUT2D eigenvalue weighted by molar-refractivity contribution is 5.79. The summed E-state index contributed by atoms with van der Waals surface area (Å²) in [6.07, 6.45) is 3.74. The Labute approximate surface area is 169 Å². The lowest BCUT2D eigenvalue weighted by Crippen LogP contribution is -2.38. The van der Waals surface area contributed by atoms with Gasteiger partial charge in [0.2, 0.25) is 0 Å². The highest BCUT2D eigenvalue weighted by Crippen LogP contribution is 2.15. The van der Waals surface area contributed by atoms with Gasteiger partial charge in [0.15, 0.2) is 5.96 Å². The van der Waals surface area contributed by atoms with Gasteiger partial charge in [-0.25, -0.2) is 4.98 Å². The monoisotopic (exact) mass is 384 g/mol. The quantitative estimate of drug-likeness (QED) is 0.396. The number of guanidine groups is 1. The molecule has 1 atom stereocenters. The van der Waals surface area contributed by atoms with Crippen molar-refractivity contribution in [2.75, 3.05) is 39.3 Å². The Morgan fingerprint density at radius 2 is 2.00 bits per heavy atom. The van der Waals surface area contributed by atoms with Crippen LogP contribution in [-0.2, 0) is 6.54 Å². The van der Waals surface area contributed by atoms with Gasteiger partial charge in [0.05, 0.1) is 11.0 Å². The van der Waals surface area contributed by atoms with E-state index in [1.165, 1.54) is 31.4 Å². The van der Waals surface area contributed by atoms with E-state index in [4.69, 9.17) is 4.99 Å². The molecule has 1 fully saturated rings. The van der Waals surface area contributed by atoms with Crippen molar-refractivity contribution >= 4 is 17.0 Å². The second-order valence-corrected chi connectivity index (χ2v) is 7.91. The number of nitrogens with zero attached hydrogens (tertiary/aromatic N) is 4. The van der Waals surface area contributed by atoms with Crippen LogP contribution in [0.15, 0.2) is 29.3 Å². The standard InChI is InChI=1S/C22H36N6/c1-4-23-22(25-16-18(2)17-27-13-7-8-14-27)24-12-9-15-28-19(3)26-20-10-5-6-11-21(20)28/h5-6,10-11,18H,4,7-9,12-17H2,1-3H3,(H2,23,24,25). The van der Waals surface area contributed by atoms with E-state index >= 15 is 0 Å². The van der Waals surface area contributed by atoms with Gasteiger partial charge >= 0.3 is 0 Å². The van der Waals surface area contributed by atoms with Crippen molar-refractivity contribution in [3.05, 3.63) is 30.1 Å². The average Bonchev–Trinajstić information content (AvgIpc) is 3.30. The summed E-state index contributed by atoms with van der Waals surface area (Å²) in [7, 11) is 0. The molecule has 0 spiro atoms. The van der Waals surface area contributed by atoms with Gasteiger partial charge < -0.3 is 20.1 Å². The van der Waals surface area contributed by atoms with E-state index in [1.807, 2.05) is 6.07 Å². The molecule has 0 radical (unpaired) electrons. The van der Waals surface area contributed by atoms with Crippen LogP contribution >= 0.6 is 0 Å². The summed E-state index contributed by atoms with van der Waals surface area (Å²) in [5.41, 5.74) is 2.30. The molecule has 1 unspecified atom stereocenters. The molecule has 154 valence electrons. The largest absolute Gasteiger partial charge is 0.357 e. The van der Waals surface area contributed by atoms with Gasteiger partial charge in [-0.3, -0.25) is 4.99 Å². The van der Waals surface area contributed by atoms with E-state index in [9.17, 15) is 0 Å². The van der Waals surface area contributed by atoms with Crippen LogP contribution in [0.3, 0.4) is 0 Å². The highest BCUT2D eigenvalue weighted by atomic mass is 15.2. The van der Waals surface area contributed by atoms with Crippen molar-refractivity contribution in [2.45, 2.75) is 46.6 Å². The van der Waals surface area contributed by atoms with E-state index in [0.29, 0.717) is 5.92 Å². The molecule has 1 aliphatic rings. The Hall–Kier alpha value is -2.08. The number of imidazole rings is 1. The van der Waals surface area contributed by atoms with Crippen LogP contribution in [0.2, 0.25) is 0 Å². The first kappa shape index (κ1) is 20.6. The molecular formula is C22H36N6. The predicted molar refractivity (Wildman–Crippen MR) is 118 cm³/mol. The summed E-state index contributed by atoms with van der Waals surface area (Å²) in [6.45, 7) is 13.8. The molecule has 0 aliphatic carbocycles. The summed E-state index contributed by atoms with van der Waals surface area (Å²) in [6, 6.07) is 8.36. The molecule has 1 aliphatic heterocycles. The maximum atomic E-state index is 4.81. The van der Waals surface area contributed by atoms with E-state index in [1.54, 1.807) is 0 Å². The number of likely N-dealkylation sites (tertiary alicyclic amines) is 1. The van der Waals surface area contributed by atoms with Crippen LogP contribution in [-0.4, -0.2) is 59.7 Å². The molecule has 0 amide bonds. The summed E-state index contributed by atoms with van der Waals surface area (Å²) in [5, 5.41) is 6.86. The van der Waals surface area contributed by atoms with E-state index in [0.717, 1.165) is 56.4 Å². The van der Waals surface area contributed by atoms with Crippen molar-refractivity contribution < 1.29 is 0 Å². The molecule has 1 aromatic heterocycles. The Morgan fingerprint density at radius 1 is 1.21 bits per heavy atom. The second-order valence-electron chi connectivity index (χ2n) is 7.91.